The summed E-state index contributed by atoms with van der Waals surface area (Å²) in [6, 6.07) is 12.4. The Kier molecular flexibility index (Phi) is 4.99. The Hall–Kier alpha value is -2.28. The van der Waals surface area contributed by atoms with Crippen LogP contribution < -0.4 is 5.32 Å². The van der Waals surface area contributed by atoms with E-state index in [-0.39, 0.29) is 12.5 Å². The molecule has 0 saturated heterocycles. The number of hydrogen-bond acceptors (Lipinski definition) is 2. The highest BCUT2D eigenvalue weighted by Gasteiger charge is 2.11. The van der Waals surface area contributed by atoms with Crippen LogP contribution in [0.15, 0.2) is 42.5 Å². The normalized spacial score (nSPS) is 9.67. The maximum absolute atomic E-state index is 12.3. The van der Waals surface area contributed by atoms with E-state index in [1.165, 1.54) is 0 Å². The quantitative estimate of drug-likeness (QED) is 0.836. The highest BCUT2D eigenvalue weighted by Crippen LogP contribution is 2.20. The number of aliphatic hydroxyl groups excluding tert-OH is 1. The number of carbonyl (C=O) groups is 1. The second kappa shape index (κ2) is 6.94. The lowest BCUT2D eigenvalue weighted by Crippen LogP contribution is -2.13. The second-order valence-electron chi connectivity index (χ2n) is 4.44. The fraction of sp³-hybridized carbons (Fsp3) is 0.118. The fourth-order valence-corrected chi connectivity index (χ4v) is 2.15. The van der Waals surface area contributed by atoms with Gasteiger partial charge in [0.05, 0.1) is 16.3 Å². The van der Waals surface area contributed by atoms with Gasteiger partial charge in [0.25, 0.3) is 5.91 Å². The molecule has 0 aliphatic rings. The lowest BCUT2D eigenvalue weighted by Gasteiger charge is -2.09. The predicted octanol–water partition coefficient (Wildman–Crippen LogP) is 3.24. The molecule has 106 valence electrons. The van der Waals surface area contributed by atoms with Gasteiger partial charge in [-0.05, 0) is 36.8 Å². The number of aryl methyl sites for hydroxylation is 1. The molecule has 2 rings (SSSR count). The van der Waals surface area contributed by atoms with E-state index in [0.29, 0.717) is 21.8 Å². The summed E-state index contributed by atoms with van der Waals surface area (Å²) in [4.78, 5) is 12.3. The number of amides is 1. The largest absolute Gasteiger partial charge is 0.384 e. The Morgan fingerprint density at radius 2 is 2.05 bits per heavy atom. The number of anilines is 1. The van der Waals surface area contributed by atoms with E-state index in [1.807, 2.05) is 19.1 Å². The molecule has 0 spiro atoms. The molecule has 2 aromatic carbocycles. The first-order chi connectivity index (χ1) is 10.1. The number of carbonyl (C=O) groups excluding carboxylic acids is 1. The van der Waals surface area contributed by atoms with Crippen LogP contribution >= 0.6 is 11.6 Å². The number of aliphatic hydroxyl groups is 1. The van der Waals surface area contributed by atoms with Crippen molar-refractivity contribution in [2.45, 2.75) is 6.92 Å². The topological polar surface area (TPSA) is 49.3 Å². The van der Waals surface area contributed by atoms with Crippen molar-refractivity contribution in [2.75, 3.05) is 11.9 Å². The van der Waals surface area contributed by atoms with Crippen molar-refractivity contribution in [1.82, 2.24) is 0 Å². The van der Waals surface area contributed by atoms with Gasteiger partial charge in [0.15, 0.2) is 0 Å². The maximum Gasteiger partial charge on any atom is 0.257 e. The molecule has 0 aliphatic carbocycles. The molecule has 0 saturated carbocycles. The average molecular weight is 300 g/mol. The van der Waals surface area contributed by atoms with Crippen LogP contribution in [0.25, 0.3) is 0 Å². The maximum atomic E-state index is 12.3. The van der Waals surface area contributed by atoms with Gasteiger partial charge < -0.3 is 10.4 Å². The van der Waals surface area contributed by atoms with E-state index in [9.17, 15) is 4.79 Å². The van der Waals surface area contributed by atoms with Gasteiger partial charge in [-0.15, -0.1) is 0 Å². The minimum atomic E-state index is -0.293. The van der Waals surface area contributed by atoms with Gasteiger partial charge >= 0.3 is 0 Å². The summed E-state index contributed by atoms with van der Waals surface area (Å²) in [6.45, 7) is 1.68. The van der Waals surface area contributed by atoms with E-state index >= 15 is 0 Å². The molecule has 4 heteroatoms. The second-order valence-corrected chi connectivity index (χ2v) is 4.85. The van der Waals surface area contributed by atoms with Gasteiger partial charge in [-0.1, -0.05) is 41.6 Å². The van der Waals surface area contributed by atoms with Crippen molar-refractivity contribution < 1.29 is 9.90 Å². The van der Waals surface area contributed by atoms with E-state index in [1.54, 1.807) is 30.3 Å². The van der Waals surface area contributed by atoms with Crippen molar-refractivity contribution in [3.8, 4) is 11.8 Å². The first kappa shape index (κ1) is 15.1. The lowest BCUT2D eigenvalue weighted by atomic mass is 10.1. The Morgan fingerprint density at radius 3 is 2.76 bits per heavy atom. The molecule has 1 amide bonds. The number of hydrogen-bond donors (Lipinski definition) is 2. The van der Waals surface area contributed by atoms with Crippen LogP contribution in [0.5, 0.6) is 0 Å². The molecule has 0 bridgehead atoms. The SMILES string of the molecule is Cc1ccc(C(=O)Nc2ccccc2C#CCO)c(Cl)c1. The van der Waals surface area contributed by atoms with Gasteiger partial charge in [0, 0.05) is 5.56 Å². The molecule has 0 aromatic heterocycles. The molecular formula is C17H14ClNO2. The Labute approximate surface area is 128 Å². The fourth-order valence-electron chi connectivity index (χ4n) is 1.83. The van der Waals surface area contributed by atoms with Crippen molar-refractivity contribution in [2.24, 2.45) is 0 Å². The van der Waals surface area contributed by atoms with Gasteiger partial charge in [-0.2, -0.15) is 0 Å². The molecule has 0 heterocycles. The minimum absolute atomic E-state index is 0.230. The van der Waals surface area contributed by atoms with Crippen LogP contribution in [0.3, 0.4) is 0 Å². The number of halogens is 1. The Bertz CT molecular complexity index is 729. The third-order valence-corrected chi connectivity index (χ3v) is 3.16. The van der Waals surface area contributed by atoms with Crippen molar-refractivity contribution >= 4 is 23.2 Å². The number of benzene rings is 2. The van der Waals surface area contributed by atoms with E-state index in [2.05, 4.69) is 17.2 Å². The average Bonchev–Trinajstić information content (AvgIpc) is 2.46. The molecule has 2 aromatic rings. The molecule has 0 radical (unpaired) electrons. The standard InChI is InChI=1S/C17H14ClNO2/c1-12-8-9-14(15(18)11-12)17(21)19-16-7-3-2-5-13(16)6-4-10-20/h2-3,5,7-9,11,20H,10H2,1H3,(H,19,21). The lowest BCUT2D eigenvalue weighted by molar-refractivity contribution is 0.102. The summed E-state index contributed by atoms with van der Waals surface area (Å²) in [7, 11) is 0. The Morgan fingerprint density at radius 1 is 1.29 bits per heavy atom. The molecule has 3 nitrogen and oxygen atoms in total. The van der Waals surface area contributed by atoms with Gasteiger partial charge in [0.1, 0.15) is 6.61 Å². The van der Waals surface area contributed by atoms with E-state index < -0.39 is 0 Å². The van der Waals surface area contributed by atoms with Crippen molar-refractivity contribution in [1.29, 1.82) is 0 Å². The van der Waals surface area contributed by atoms with Gasteiger partial charge in [0.2, 0.25) is 0 Å². The van der Waals surface area contributed by atoms with Gasteiger partial charge in [-0.25, -0.2) is 0 Å². The summed E-state index contributed by atoms with van der Waals surface area (Å²) in [5.41, 5.74) is 2.63. The zero-order valence-electron chi connectivity index (χ0n) is 11.5. The van der Waals surface area contributed by atoms with Crippen molar-refractivity contribution in [3.63, 3.8) is 0 Å². The van der Waals surface area contributed by atoms with Crippen LogP contribution in [0.1, 0.15) is 21.5 Å². The van der Waals surface area contributed by atoms with Crippen LogP contribution in [-0.4, -0.2) is 17.6 Å². The van der Waals surface area contributed by atoms with Crippen LogP contribution in [-0.2, 0) is 0 Å². The predicted molar refractivity (Wildman–Crippen MR) is 84.5 cm³/mol. The zero-order valence-corrected chi connectivity index (χ0v) is 12.2. The zero-order chi connectivity index (χ0) is 15.2. The minimum Gasteiger partial charge on any atom is -0.384 e. The molecular weight excluding hydrogens is 286 g/mol. The smallest absolute Gasteiger partial charge is 0.257 e. The summed E-state index contributed by atoms with van der Waals surface area (Å²) in [6.07, 6.45) is 0. The molecule has 21 heavy (non-hydrogen) atoms. The number of nitrogens with one attached hydrogen (secondary N) is 1. The first-order valence-corrected chi connectivity index (χ1v) is 6.76. The molecule has 0 fully saturated rings. The summed E-state index contributed by atoms with van der Waals surface area (Å²) in [5.74, 6) is 5.07. The molecule has 0 unspecified atom stereocenters. The highest BCUT2D eigenvalue weighted by molar-refractivity contribution is 6.34. The highest BCUT2D eigenvalue weighted by atomic mass is 35.5. The van der Waals surface area contributed by atoms with Crippen LogP contribution in [0.4, 0.5) is 5.69 Å². The summed E-state index contributed by atoms with van der Waals surface area (Å²) < 4.78 is 0. The molecule has 0 aliphatic heterocycles. The van der Waals surface area contributed by atoms with Crippen molar-refractivity contribution in [3.05, 3.63) is 64.2 Å². The monoisotopic (exact) mass is 299 g/mol. The number of para-hydroxylation sites is 1. The van der Waals surface area contributed by atoms with Crippen LogP contribution in [0.2, 0.25) is 5.02 Å². The third-order valence-electron chi connectivity index (χ3n) is 2.85. The molecule has 0 atom stereocenters. The van der Waals surface area contributed by atoms with Crippen LogP contribution in [0, 0.1) is 18.8 Å². The number of rotatable bonds is 2. The first-order valence-electron chi connectivity index (χ1n) is 6.38. The Balaban J connectivity index is 2.27. The van der Waals surface area contributed by atoms with Gasteiger partial charge in [-0.3, -0.25) is 4.79 Å². The summed E-state index contributed by atoms with van der Waals surface area (Å²) in [5, 5.41) is 12.0. The van der Waals surface area contributed by atoms with E-state index in [0.717, 1.165) is 5.56 Å². The molecule has 2 N–H and O–H groups in total. The summed E-state index contributed by atoms with van der Waals surface area (Å²) >= 11 is 6.09. The third kappa shape index (κ3) is 3.85. The van der Waals surface area contributed by atoms with E-state index in [4.69, 9.17) is 16.7 Å².